The summed E-state index contributed by atoms with van der Waals surface area (Å²) in [6, 6.07) is 5.78. The number of piperazine rings is 1. The number of benzene rings is 1. The lowest BCUT2D eigenvalue weighted by Gasteiger charge is -2.33. The molecule has 4 heterocycles. The van der Waals surface area contributed by atoms with E-state index in [0.717, 1.165) is 36.5 Å². The van der Waals surface area contributed by atoms with Gasteiger partial charge in [-0.25, -0.2) is 19.3 Å². The minimum atomic E-state index is -0.410. The van der Waals surface area contributed by atoms with Crippen LogP contribution in [0.15, 0.2) is 36.9 Å². The molecule has 0 spiro atoms. The Labute approximate surface area is 177 Å². The quantitative estimate of drug-likeness (QED) is 0.518. The standard InChI is InChI=1S/C21H21ClFN7/c1-12-8-29(4-3-24-12)15-6-16(22)19-18(7-15)25-11-26-20(19)28-14-5-17(23)21-27-13(2)9-30(21)10-14/h5-7,9-12,24H,3-4,8H2,1-2H3,(H,25,26,28). The molecule has 1 aromatic carbocycles. The molecule has 1 atom stereocenters. The monoisotopic (exact) mass is 425 g/mol. The molecule has 7 nitrogen and oxygen atoms in total. The summed E-state index contributed by atoms with van der Waals surface area (Å²) in [4.78, 5) is 15.3. The van der Waals surface area contributed by atoms with Crippen molar-refractivity contribution >= 4 is 45.3 Å². The van der Waals surface area contributed by atoms with E-state index in [-0.39, 0.29) is 0 Å². The maximum absolute atomic E-state index is 14.5. The Morgan fingerprint density at radius 3 is 2.93 bits per heavy atom. The molecule has 9 heteroatoms. The lowest BCUT2D eigenvalue weighted by atomic mass is 10.1. The second kappa shape index (κ2) is 7.37. The second-order valence-corrected chi connectivity index (χ2v) is 8.07. The predicted octanol–water partition coefficient (Wildman–Crippen LogP) is 3.92. The van der Waals surface area contributed by atoms with E-state index in [2.05, 4.69) is 37.4 Å². The van der Waals surface area contributed by atoms with Crippen LogP contribution in [-0.4, -0.2) is 45.0 Å². The third kappa shape index (κ3) is 3.42. The normalized spacial score (nSPS) is 17.1. The van der Waals surface area contributed by atoms with Crippen LogP contribution in [0.1, 0.15) is 12.6 Å². The molecule has 1 aliphatic heterocycles. The van der Waals surface area contributed by atoms with E-state index >= 15 is 0 Å². The summed E-state index contributed by atoms with van der Waals surface area (Å²) in [6.07, 6.45) is 5.04. The van der Waals surface area contributed by atoms with Crippen molar-refractivity contribution in [2.24, 2.45) is 0 Å². The van der Waals surface area contributed by atoms with Crippen molar-refractivity contribution in [3.63, 3.8) is 0 Å². The number of nitrogens with one attached hydrogen (secondary N) is 2. The van der Waals surface area contributed by atoms with Gasteiger partial charge in [0.2, 0.25) is 0 Å². The first-order valence-electron chi connectivity index (χ1n) is 9.82. The summed E-state index contributed by atoms with van der Waals surface area (Å²) >= 11 is 6.67. The van der Waals surface area contributed by atoms with Crippen LogP contribution in [0, 0.1) is 12.7 Å². The molecule has 1 unspecified atom stereocenters. The molecular weight excluding hydrogens is 405 g/mol. The predicted molar refractivity (Wildman–Crippen MR) is 117 cm³/mol. The van der Waals surface area contributed by atoms with Crippen LogP contribution in [-0.2, 0) is 0 Å². The second-order valence-electron chi connectivity index (χ2n) is 7.66. The number of rotatable bonds is 3. The first kappa shape index (κ1) is 19.0. The molecular formula is C21H21ClFN7. The van der Waals surface area contributed by atoms with Crippen molar-refractivity contribution < 1.29 is 4.39 Å². The highest BCUT2D eigenvalue weighted by molar-refractivity contribution is 6.36. The van der Waals surface area contributed by atoms with Gasteiger partial charge in [0.1, 0.15) is 12.1 Å². The molecule has 0 bridgehead atoms. The molecule has 0 saturated carbocycles. The van der Waals surface area contributed by atoms with E-state index in [9.17, 15) is 4.39 Å². The van der Waals surface area contributed by atoms with E-state index in [0.29, 0.717) is 33.6 Å². The number of imidazole rings is 1. The number of nitrogens with zero attached hydrogens (tertiary/aromatic N) is 5. The zero-order valence-corrected chi connectivity index (χ0v) is 17.4. The number of halogens is 2. The van der Waals surface area contributed by atoms with Crippen LogP contribution < -0.4 is 15.5 Å². The Kier molecular flexibility index (Phi) is 4.67. The molecule has 30 heavy (non-hydrogen) atoms. The third-order valence-electron chi connectivity index (χ3n) is 5.30. The van der Waals surface area contributed by atoms with Gasteiger partial charge in [-0.15, -0.1) is 0 Å². The molecule has 2 N–H and O–H groups in total. The van der Waals surface area contributed by atoms with Crippen LogP contribution in [0.3, 0.4) is 0 Å². The van der Waals surface area contributed by atoms with Crippen molar-refractivity contribution in [3.05, 3.63) is 53.5 Å². The number of fused-ring (bicyclic) bond motifs is 2. The van der Waals surface area contributed by atoms with Crippen molar-refractivity contribution in [1.82, 2.24) is 24.7 Å². The molecule has 0 amide bonds. The van der Waals surface area contributed by atoms with Crippen LogP contribution in [0.5, 0.6) is 0 Å². The van der Waals surface area contributed by atoms with Gasteiger partial charge >= 0.3 is 0 Å². The fourth-order valence-corrected chi connectivity index (χ4v) is 4.25. The number of aromatic nitrogens is 4. The summed E-state index contributed by atoms with van der Waals surface area (Å²) in [7, 11) is 0. The Morgan fingerprint density at radius 2 is 2.10 bits per heavy atom. The van der Waals surface area contributed by atoms with Crippen LogP contribution >= 0.6 is 11.6 Å². The van der Waals surface area contributed by atoms with Gasteiger partial charge in [-0.3, -0.25) is 0 Å². The molecule has 1 fully saturated rings. The van der Waals surface area contributed by atoms with E-state index in [1.807, 2.05) is 19.1 Å². The Bertz CT molecular complexity index is 1260. The van der Waals surface area contributed by atoms with Crippen molar-refractivity contribution in [3.8, 4) is 0 Å². The van der Waals surface area contributed by atoms with Gasteiger partial charge in [-0.1, -0.05) is 11.6 Å². The maximum atomic E-state index is 14.5. The van der Waals surface area contributed by atoms with Gasteiger partial charge in [0.25, 0.3) is 0 Å². The molecule has 3 aromatic heterocycles. The number of aryl methyl sites for hydroxylation is 1. The van der Waals surface area contributed by atoms with Gasteiger partial charge in [-0.05, 0) is 26.0 Å². The van der Waals surface area contributed by atoms with E-state index in [1.54, 1.807) is 16.8 Å². The summed E-state index contributed by atoms with van der Waals surface area (Å²) in [6.45, 7) is 6.73. The van der Waals surface area contributed by atoms with Crippen molar-refractivity contribution in [2.45, 2.75) is 19.9 Å². The number of hydrogen-bond acceptors (Lipinski definition) is 6. The molecule has 154 valence electrons. The third-order valence-corrected chi connectivity index (χ3v) is 5.60. The molecule has 0 aliphatic carbocycles. The highest BCUT2D eigenvalue weighted by Crippen LogP contribution is 2.34. The highest BCUT2D eigenvalue weighted by Gasteiger charge is 2.19. The number of pyridine rings is 1. The summed E-state index contributed by atoms with van der Waals surface area (Å²) in [5, 5.41) is 7.88. The van der Waals surface area contributed by atoms with E-state index < -0.39 is 5.82 Å². The van der Waals surface area contributed by atoms with Gasteiger partial charge in [0, 0.05) is 49.8 Å². The van der Waals surface area contributed by atoms with E-state index in [4.69, 9.17) is 11.6 Å². The molecule has 5 rings (SSSR count). The average Bonchev–Trinajstić information content (AvgIpc) is 3.08. The summed E-state index contributed by atoms with van der Waals surface area (Å²) in [5.41, 5.74) is 3.36. The molecule has 1 aliphatic rings. The SMILES string of the molecule is Cc1cn2cc(Nc3ncnc4cc(N5CCNC(C)C5)cc(Cl)c34)cc(F)c2n1. The van der Waals surface area contributed by atoms with Gasteiger partial charge in [0.15, 0.2) is 11.5 Å². The van der Waals surface area contributed by atoms with Gasteiger partial charge in [0.05, 0.1) is 27.3 Å². The minimum Gasteiger partial charge on any atom is -0.369 e. The Hall–Kier alpha value is -2.97. The fraction of sp³-hybridized carbons (Fsp3) is 0.286. The molecule has 0 radical (unpaired) electrons. The zero-order chi connectivity index (χ0) is 20.8. The topological polar surface area (TPSA) is 70.4 Å². The minimum absolute atomic E-state index is 0.290. The summed E-state index contributed by atoms with van der Waals surface area (Å²) in [5.74, 6) is 0.119. The van der Waals surface area contributed by atoms with Crippen molar-refractivity contribution in [1.29, 1.82) is 0 Å². The number of hydrogen-bond donors (Lipinski definition) is 2. The van der Waals surface area contributed by atoms with E-state index in [1.165, 1.54) is 12.4 Å². The Balaban J connectivity index is 1.54. The lowest BCUT2D eigenvalue weighted by Crippen LogP contribution is -2.49. The Morgan fingerprint density at radius 1 is 1.23 bits per heavy atom. The maximum Gasteiger partial charge on any atom is 0.173 e. The lowest BCUT2D eigenvalue weighted by molar-refractivity contribution is 0.485. The van der Waals surface area contributed by atoms with Crippen molar-refractivity contribution in [2.75, 3.05) is 29.9 Å². The summed E-state index contributed by atoms with van der Waals surface area (Å²) < 4.78 is 16.1. The first-order chi connectivity index (χ1) is 14.5. The van der Waals surface area contributed by atoms with Gasteiger partial charge in [-0.2, -0.15) is 0 Å². The molecule has 1 saturated heterocycles. The smallest absolute Gasteiger partial charge is 0.173 e. The van der Waals surface area contributed by atoms with Gasteiger partial charge < -0.3 is 19.9 Å². The largest absolute Gasteiger partial charge is 0.369 e. The highest BCUT2D eigenvalue weighted by atomic mass is 35.5. The van der Waals surface area contributed by atoms with Crippen LogP contribution in [0.4, 0.5) is 21.6 Å². The van der Waals surface area contributed by atoms with Crippen LogP contribution in [0.2, 0.25) is 5.02 Å². The average molecular weight is 426 g/mol. The number of anilines is 3. The first-order valence-corrected chi connectivity index (χ1v) is 10.2. The zero-order valence-electron chi connectivity index (χ0n) is 16.7. The van der Waals surface area contributed by atoms with Crippen LogP contribution in [0.25, 0.3) is 16.6 Å². The fourth-order valence-electron chi connectivity index (χ4n) is 3.96. The molecule has 4 aromatic rings.